The molecule has 1 aromatic heterocycles. The number of H-pyrrole nitrogens is 1. The highest BCUT2D eigenvalue weighted by atomic mass is 19.1. The summed E-state index contributed by atoms with van der Waals surface area (Å²) >= 11 is 0. The largest absolute Gasteiger partial charge is 0.369 e. The number of aryl methyl sites for hydroxylation is 1. The third-order valence-corrected chi connectivity index (χ3v) is 6.55. The van der Waals surface area contributed by atoms with Gasteiger partial charge in [-0.25, -0.2) is 9.18 Å². The first kappa shape index (κ1) is 17.0. The van der Waals surface area contributed by atoms with Crippen molar-refractivity contribution in [2.75, 3.05) is 18.0 Å². The molecule has 2 aliphatic carbocycles. The Kier molecular flexibility index (Phi) is 3.73. The van der Waals surface area contributed by atoms with Crippen molar-refractivity contribution < 1.29 is 4.39 Å². The first-order valence-electron chi connectivity index (χ1n) is 9.94. The molecular formula is C20H25FN4O2. The minimum absolute atomic E-state index is 0.100. The number of nitrogens with zero attached hydrogens (tertiary/aromatic N) is 2. The summed E-state index contributed by atoms with van der Waals surface area (Å²) in [6, 6.07) is 1.58. The minimum atomic E-state index is -0.518. The van der Waals surface area contributed by atoms with Crippen molar-refractivity contribution in [2.45, 2.75) is 51.1 Å². The molecule has 7 heteroatoms. The quantitative estimate of drug-likeness (QED) is 0.860. The number of hydrogen-bond acceptors (Lipinski definition) is 4. The van der Waals surface area contributed by atoms with Gasteiger partial charge in [-0.15, -0.1) is 0 Å². The number of halogens is 1. The molecule has 2 saturated carbocycles. The van der Waals surface area contributed by atoms with Crippen molar-refractivity contribution >= 4 is 16.6 Å². The normalized spacial score (nSPS) is 24.0. The summed E-state index contributed by atoms with van der Waals surface area (Å²) in [5.74, 6) is 0.597. The van der Waals surface area contributed by atoms with Gasteiger partial charge in [-0.05, 0) is 56.9 Å². The fraction of sp³-hybridized carbons (Fsp3) is 0.600. The monoisotopic (exact) mass is 372 g/mol. The molecule has 0 bridgehead atoms. The summed E-state index contributed by atoms with van der Waals surface area (Å²) in [5, 5.41) is 0.255. The van der Waals surface area contributed by atoms with Gasteiger partial charge in [0.2, 0.25) is 0 Å². The highest BCUT2D eigenvalue weighted by Crippen LogP contribution is 2.41. The van der Waals surface area contributed by atoms with Crippen LogP contribution in [0.15, 0.2) is 15.7 Å². The van der Waals surface area contributed by atoms with E-state index in [4.69, 9.17) is 5.73 Å². The number of fused-ring (bicyclic) bond motifs is 1. The van der Waals surface area contributed by atoms with Crippen molar-refractivity contribution in [3.63, 3.8) is 0 Å². The van der Waals surface area contributed by atoms with Crippen molar-refractivity contribution in [2.24, 2.45) is 17.6 Å². The number of hydrogen-bond donors (Lipinski definition) is 2. The van der Waals surface area contributed by atoms with Gasteiger partial charge in [-0.2, -0.15) is 0 Å². The number of aromatic nitrogens is 2. The second kappa shape index (κ2) is 5.92. The van der Waals surface area contributed by atoms with Gasteiger partial charge in [-0.1, -0.05) is 0 Å². The molecule has 144 valence electrons. The summed E-state index contributed by atoms with van der Waals surface area (Å²) in [6.07, 6.45) is 5.19. The van der Waals surface area contributed by atoms with E-state index in [9.17, 15) is 9.59 Å². The lowest BCUT2D eigenvalue weighted by atomic mass is 9.96. The number of aromatic amines is 1. The Labute approximate surface area is 156 Å². The first-order chi connectivity index (χ1) is 13.0. The Hall–Kier alpha value is -2.15. The summed E-state index contributed by atoms with van der Waals surface area (Å²) in [6.45, 7) is 3.32. The smallest absolute Gasteiger partial charge is 0.329 e. The molecule has 0 spiro atoms. The zero-order valence-electron chi connectivity index (χ0n) is 15.5. The van der Waals surface area contributed by atoms with E-state index in [-0.39, 0.29) is 17.5 Å². The standard InChI is InChI=1S/C20H25FN4O2/c1-10-17-14(19(26)23-20(27)25(17)13-4-5-13)8-15(21)18(10)24-7-6-12(9-24)16(22)11-2-3-11/h8,11-13,16H,2-7,9,22H2,1H3,(H,23,26,27). The molecule has 2 heterocycles. The zero-order valence-corrected chi connectivity index (χ0v) is 15.5. The molecule has 5 rings (SSSR count). The van der Waals surface area contributed by atoms with E-state index in [1.54, 1.807) is 4.57 Å². The van der Waals surface area contributed by atoms with Gasteiger partial charge in [0.1, 0.15) is 5.82 Å². The average molecular weight is 372 g/mol. The van der Waals surface area contributed by atoms with Gasteiger partial charge >= 0.3 is 5.69 Å². The van der Waals surface area contributed by atoms with Gasteiger partial charge < -0.3 is 10.6 Å². The minimum Gasteiger partial charge on any atom is -0.369 e. The molecule has 3 aliphatic rings. The van der Waals surface area contributed by atoms with Gasteiger partial charge in [0.25, 0.3) is 5.56 Å². The van der Waals surface area contributed by atoms with Crippen LogP contribution in [0, 0.1) is 24.6 Å². The second-order valence-electron chi connectivity index (χ2n) is 8.50. The van der Waals surface area contributed by atoms with E-state index in [1.807, 2.05) is 6.92 Å². The van der Waals surface area contributed by atoms with Gasteiger partial charge in [0, 0.05) is 30.7 Å². The average Bonchev–Trinajstić information content (AvgIpc) is 3.54. The Morgan fingerprint density at radius 2 is 1.93 bits per heavy atom. The molecular weight excluding hydrogens is 347 g/mol. The number of rotatable bonds is 4. The lowest BCUT2D eigenvalue weighted by Gasteiger charge is -2.25. The molecule has 1 saturated heterocycles. The maximum atomic E-state index is 15.0. The molecule has 6 nitrogen and oxygen atoms in total. The molecule has 2 aromatic rings. The van der Waals surface area contributed by atoms with Crippen molar-refractivity contribution in [3.8, 4) is 0 Å². The van der Waals surface area contributed by atoms with E-state index in [0.29, 0.717) is 28.6 Å². The predicted molar refractivity (Wildman–Crippen MR) is 103 cm³/mol. The van der Waals surface area contributed by atoms with Gasteiger partial charge in [-0.3, -0.25) is 14.3 Å². The van der Waals surface area contributed by atoms with Gasteiger partial charge in [0.05, 0.1) is 16.6 Å². The number of nitrogens with two attached hydrogens (primary N) is 1. The van der Waals surface area contributed by atoms with Crippen LogP contribution in [-0.4, -0.2) is 28.7 Å². The van der Waals surface area contributed by atoms with Crippen LogP contribution in [-0.2, 0) is 0 Å². The summed E-state index contributed by atoms with van der Waals surface area (Å²) in [7, 11) is 0. The molecule has 27 heavy (non-hydrogen) atoms. The SMILES string of the molecule is Cc1c(N2CCC(C(N)C3CC3)C2)c(F)cc2c(=O)[nH]c(=O)n(C3CC3)c12. The third-order valence-electron chi connectivity index (χ3n) is 6.55. The Morgan fingerprint density at radius 1 is 1.19 bits per heavy atom. The van der Waals surface area contributed by atoms with E-state index < -0.39 is 17.1 Å². The second-order valence-corrected chi connectivity index (χ2v) is 8.50. The van der Waals surface area contributed by atoms with Crippen molar-refractivity contribution in [3.05, 3.63) is 38.3 Å². The number of nitrogens with one attached hydrogen (secondary N) is 1. The summed E-state index contributed by atoms with van der Waals surface area (Å²) in [5.41, 5.74) is 7.26. The molecule has 2 atom stereocenters. The van der Waals surface area contributed by atoms with Crippen LogP contribution in [0.1, 0.15) is 43.7 Å². The van der Waals surface area contributed by atoms with Crippen LogP contribution in [0.5, 0.6) is 0 Å². The van der Waals surface area contributed by atoms with Crippen LogP contribution in [0.25, 0.3) is 10.9 Å². The molecule has 2 unspecified atom stereocenters. The van der Waals surface area contributed by atoms with E-state index in [2.05, 4.69) is 9.88 Å². The highest BCUT2D eigenvalue weighted by Gasteiger charge is 2.38. The predicted octanol–water partition coefficient (Wildman–Crippen LogP) is 2.04. The molecule has 3 N–H and O–H groups in total. The topological polar surface area (TPSA) is 84.1 Å². The zero-order chi connectivity index (χ0) is 18.9. The summed E-state index contributed by atoms with van der Waals surface area (Å²) < 4.78 is 16.7. The molecule has 0 amide bonds. The first-order valence-corrected chi connectivity index (χ1v) is 9.94. The van der Waals surface area contributed by atoms with Crippen molar-refractivity contribution in [1.82, 2.24) is 9.55 Å². The highest BCUT2D eigenvalue weighted by molar-refractivity contribution is 5.87. The summed E-state index contributed by atoms with van der Waals surface area (Å²) in [4.78, 5) is 29.1. The number of anilines is 1. The maximum absolute atomic E-state index is 15.0. The molecule has 1 aliphatic heterocycles. The molecule has 1 aromatic carbocycles. The lowest BCUT2D eigenvalue weighted by Crippen LogP contribution is -2.35. The Bertz CT molecular complexity index is 1030. The van der Waals surface area contributed by atoms with E-state index in [1.165, 1.54) is 18.9 Å². The Balaban J connectivity index is 1.62. The van der Waals surface area contributed by atoms with E-state index >= 15 is 4.39 Å². The molecule has 0 radical (unpaired) electrons. The lowest BCUT2D eigenvalue weighted by molar-refractivity contribution is 0.417. The van der Waals surface area contributed by atoms with Gasteiger partial charge in [0.15, 0.2) is 0 Å². The van der Waals surface area contributed by atoms with Crippen LogP contribution in [0.3, 0.4) is 0 Å². The van der Waals surface area contributed by atoms with Crippen LogP contribution in [0.2, 0.25) is 0 Å². The van der Waals surface area contributed by atoms with Crippen LogP contribution >= 0.6 is 0 Å². The maximum Gasteiger partial charge on any atom is 0.329 e. The Morgan fingerprint density at radius 3 is 2.59 bits per heavy atom. The van der Waals surface area contributed by atoms with Crippen molar-refractivity contribution in [1.29, 1.82) is 0 Å². The van der Waals surface area contributed by atoms with E-state index in [0.717, 1.165) is 32.4 Å². The number of benzene rings is 1. The fourth-order valence-electron chi connectivity index (χ4n) is 4.81. The third kappa shape index (κ3) is 2.71. The fourth-order valence-corrected chi connectivity index (χ4v) is 4.81. The molecule has 3 fully saturated rings. The van der Waals surface area contributed by atoms with Crippen LogP contribution in [0.4, 0.5) is 10.1 Å². The van der Waals surface area contributed by atoms with Crippen LogP contribution < -0.4 is 21.9 Å².